The molecule has 0 unspecified atom stereocenters. The number of hydrogen-bond acceptors (Lipinski definition) is 6. The maximum atomic E-state index is 11.6. The average Bonchev–Trinajstić information content (AvgIpc) is 3.06. The second-order valence-electron chi connectivity index (χ2n) is 5.77. The number of benzene rings is 1. The third-order valence-electron chi connectivity index (χ3n) is 4.20. The zero-order chi connectivity index (χ0) is 16.1. The van der Waals surface area contributed by atoms with Crippen LogP contribution in [0.2, 0.25) is 0 Å². The van der Waals surface area contributed by atoms with Gasteiger partial charge in [0.1, 0.15) is 10.0 Å². The Morgan fingerprint density at radius 2 is 2.13 bits per heavy atom. The van der Waals surface area contributed by atoms with Crippen molar-refractivity contribution >= 4 is 17.3 Å². The topological polar surface area (TPSA) is 55.3 Å². The first-order valence-electron chi connectivity index (χ1n) is 7.95. The molecule has 1 fully saturated rings. The van der Waals surface area contributed by atoms with Crippen molar-refractivity contribution in [2.75, 3.05) is 13.7 Å². The molecular formula is C17H21N3O2S. The number of aromatic nitrogens is 2. The number of nitrogens with zero attached hydrogens (tertiary/aromatic N) is 3. The van der Waals surface area contributed by atoms with Gasteiger partial charge >= 0.3 is 5.97 Å². The molecule has 2 heterocycles. The van der Waals surface area contributed by atoms with E-state index in [0.717, 1.165) is 35.1 Å². The van der Waals surface area contributed by atoms with E-state index in [1.807, 2.05) is 30.3 Å². The molecule has 5 nitrogen and oxygen atoms in total. The van der Waals surface area contributed by atoms with Gasteiger partial charge in [-0.3, -0.25) is 9.69 Å². The fraction of sp³-hybridized carbons (Fsp3) is 0.471. The van der Waals surface area contributed by atoms with Gasteiger partial charge in [0, 0.05) is 11.6 Å². The quantitative estimate of drug-likeness (QED) is 0.788. The molecule has 1 aliphatic rings. The molecule has 3 rings (SSSR count). The van der Waals surface area contributed by atoms with E-state index in [2.05, 4.69) is 15.1 Å². The highest BCUT2D eigenvalue weighted by atomic mass is 32.1. The molecule has 1 aromatic heterocycles. The molecule has 1 aliphatic heterocycles. The van der Waals surface area contributed by atoms with Crippen molar-refractivity contribution in [1.82, 2.24) is 15.1 Å². The largest absolute Gasteiger partial charge is 0.469 e. The molecule has 0 spiro atoms. The summed E-state index contributed by atoms with van der Waals surface area (Å²) in [5, 5.41) is 10.6. The van der Waals surface area contributed by atoms with Gasteiger partial charge < -0.3 is 4.74 Å². The zero-order valence-corrected chi connectivity index (χ0v) is 14.1. The number of ether oxygens (including phenoxy) is 1. The van der Waals surface area contributed by atoms with Crippen LogP contribution in [0.4, 0.5) is 0 Å². The van der Waals surface area contributed by atoms with E-state index in [-0.39, 0.29) is 12.0 Å². The van der Waals surface area contributed by atoms with Gasteiger partial charge in [-0.05, 0) is 19.4 Å². The standard InChI is InChI=1S/C17H21N3O2S/c1-22-16(21)11-14-9-5-6-10-20(14)12-15-18-19-17(23-15)13-7-3-2-4-8-13/h2-4,7-8,14H,5-6,9-12H2,1H3/t14-/m1/s1. The van der Waals surface area contributed by atoms with Crippen molar-refractivity contribution in [3.05, 3.63) is 35.3 Å². The van der Waals surface area contributed by atoms with Gasteiger partial charge in [-0.1, -0.05) is 48.1 Å². The summed E-state index contributed by atoms with van der Waals surface area (Å²) < 4.78 is 4.82. The van der Waals surface area contributed by atoms with Gasteiger partial charge in [0.2, 0.25) is 0 Å². The molecule has 0 bridgehead atoms. The fourth-order valence-electron chi connectivity index (χ4n) is 2.96. The molecule has 0 radical (unpaired) electrons. The van der Waals surface area contributed by atoms with Crippen molar-refractivity contribution in [3.8, 4) is 10.6 Å². The fourth-order valence-corrected chi connectivity index (χ4v) is 3.83. The van der Waals surface area contributed by atoms with Gasteiger partial charge in [0.15, 0.2) is 0 Å². The highest BCUT2D eigenvalue weighted by Gasteiger charge is 2.26. The van der Waals surface area contributed by atoms with E-state index in [1.54, 1.807) is 11.3 Å². The Bertz CT molecular complexity index is 644. The molecule has 2 aromatic rings. The lowest BCUT2D eigenvalue weighted by molar-refractivity contribution is -0.142. The Morgan fingerprint density at radius 1 is 1.30 bits per heavy atom. The van der Waals surface area contributed by atoms with Crippen molar-refractivity contribution in [2.45, 2.75) is 38.3 Å². The summed E-state index contributed by atoms with van der Waals surface area (Å²) in [5.41, 5.74) is 1.10. The van der Waals surface area contributed by atoms with E-state index in [1.165, 1.54) is 20.0 Å². The predicted molar refractivity (Wildman–Crippen MR) is 90.0 cm³/mol. The number of carbonyl (C=O) groups excluding carboxylic acids is 1. The van der Waals surface area contributed by atoms with Crippen molar-refractivity contribution in [2.24, 2.45) is 0 Å². The van der Waals surface area contributed by atoms with Crippen molar-refractivity contribution in [3.63, 3.8) is 0 Å². The van der Waals surface area contributed by atoms with E-state index in [4.69, 9.17) is 4.74 Å². The highest BCUT2D eigenvalue weighted by molar-refractivity contribution is 7.14. The summed E-state index contributed by atoms with van der Waals surface area (Å²) in [5.74, 6) is -0.135. The highest BCUT2D eigenvalue weighted by Crippen LogP contribution is 2.27. The van der Waals surface area contributed by atoms with Crippen LogP contribution in [-0.2, 0) is 16.1 Å². The smallest absolute Gasteiger partial charge is 0.307 e. The molecule has 6 heteroatoms. The van der Waals surface area contributed by atoms with E-state index in [0.29, 0.717) is 6.42 Å². The summed E-state index contributed by atoms with van der Waals surface area (Å²) in [6.07, 6.45) is 3.84. The van der Waals surface area contributed by atoms with Crippen LogP contribution in [-0.4, -0.2) is 40.8 Å². The van der Waals surface area contributed by atoms with Crippen LogP contribution in [0.15, 0.2) is 30.3 Å². The number of hydrogen-bond donors (Lipinski definition) is 0. The maximum Gasteiger partial charge on any atom is 0.307 e. The van der Waals surface area contributed by atoms with Crippen LogP contribution >= 0.6 is 11.3 Å². The Kier molecular flexibility index (Phi) is 5.35. The minimum absolute atomic E-state index is 0.135. The summed E-state index contributed by atoms with van der Waals surface area (Å²) >= 11 is 1.63. The van der Waals surface area contributed by atoms with Crippen molar-refractivity contribution < 1.29 is 9.53 Å². The second-order valence-corrected chi connectivity index (χ2v) is 6.83. The van der Waals surface area contributed by atoms with Gasteiger partial charge in [-0.15, -0.1) is 10.2 Å². The number of esters is 1. The number of piperidine rings is 1. The Labute approximate surface area is 140 Å². The molecule has 23 heavy (non-hydrogen) atoms. The van der Waals surface area contributed by atoms with Gasteiger partial charge in [-0.2, -0.15) is 0 Å². The maximum absolute atomic E-state index is 11.6. The summed E-state index contributed by atoms with van der Waals surface area (Å²) in [6.45, 7) is 1.76. The first kappa shape index (κ1) is 16.1. The van der Waals surface area contributed by atoms with Crippen molar-refractivity contribution in [1.29, 1.82) is 0 Å². The first-order valence-corrected chi connectivity index (χ1v) is 8.76. The molecule has 0 N–H and O–H groups in total. The van der Waals surface area contributed by atoms with Crippen LogP contribution in [0.25, 0.3) is 10.6 Å². The first-order chi connectivity index (χ1) is 11.3. The van der Waals surface area contributed by atoms with E-state index < -0.39 is 0 Å². The molecule has 1 saturated heterocycles. The SMILES string of the molecule is COC(=O)C[C@H]1CCCCN1Cc1nnc(-c2ccccc2)s1. The summed E-state index contributed by atoms with van der Waals surface area (Å²) in [6, 6.07) is 10.4. The number of likely N-dealkylation sites (tertiary alicyclic amines) is 1. The molecule has 0 aliphatic carbocycles. The lowest BCUT2D eigenvalue weighted by Crippen LogP contribution is -2.40. The molecule has 0 saturated carbocycles. The predicted octanol–water partition coefficient (Wildman–Crippen LogP) is 3.12. The summed E-state index contributed by atoms with van der Waals surface area (Å²) in [7, 11) is 1.45. The number of rotatable bonds is 5. The lowest BCUT2D eigenvalue weighted by Gasteiger charge is -2.34. The van der Waals surface area contributed by atoms with Crippen LogP contribution in [0.3, 0.4) is 0 Å². The van der Waals surface area contributed by atoms with Gasteiger partial charge in [0.05, 0.1) is 20.1 Å². The van der Waals surface area contributed by atoms with E-state index in [9.17, 15) is 4.79 Å². The third kappa shape index (κ3) is 4.14. The lowest BCUT2D eigenvalue weighted by atomic mass is 9.99. The zero-order valence-electron chi connectivity index (χ0n) is 13.3. The minimum Gasteiger partial charge on any atom is -0.469 e. The Balaban J connectivity index is 1.68. The average molecular weight is 331 g/mol. The Hall–Kier alpha value is -1.79. The molecule has 1 atom stereocenters. The molecular weight excluding hydrogens is 310 g/mol. The minimum atomic E-state index is -0.135. The summed E-state index contributed by atoms with van der Waals surface area (Å²) in [4.78, 5) is 13.9. The van der Waals surface area contributed by atoms with Gasteiger partial charge in [0.25, 0.3) is 0 Å². The number of carbonyl (C=O) groups is 1. The van der Waals surface area contributed by atoms with Crippen LogP contribution < -0.4 is 0 Å². The Morgan fingerprint density at radius 3 is 2.91 bits per heavy atom. The van der Waals surface area contributed by atoms with Crippen LogP contribution in [0, 0.1) is 0 Å². The third-order valence-corrected chi connectivity index (χ3v) is 5.16. The normalized spacial score (nSPS) is 18.7. The second kappa shape index (κ2) is 7.66. The monoisotopic (exact) mass is 331 g/mol. The molecule has 122 valence electrons. The number of methoxy groups -OCH3 is 1. The van der Waals surface area contributed by atoms with Gasteiger partial charge in [-0.25, -0.2) is 0 Å². The van der Waals surface area contributed by atoms with Crippen LogP contribution in [0.5, 0.6) is 0 Å². The molecule has 1 aromatic carbocycles. The van der Waals surface area contributed by atoms with Crippen LogP contribution in [0.1, 0.15) is 30.7 Å². The molecule has 0 amide bonds. The van der Waals surface area contributed by atoms with E-state index >= 15 is 0 Å².